The van der Waals surface area contributed by atoms with Gasteiger partial charge in [-0.15, -0.1) is 0 Å². The molecule has 0 atom stereocenters. The Kier molecular flexibility index (Phi) is 7.24. The number of ether oxygens (including phenoxy) is 1. The van der Waals surface area contributed by atoms with Crippen LogP contribution in [0.15, 0.2) is 34.9 Å². The third-order valence-corrected chi connectivity index (χ3v) is 6.97. The molecule has 3 aromatic heterocycles. The van der Waals surface area contributed by atoms with Crippen LogP contribution in [-0.2, 0) is 14.3 Å². The molecule has 0 aromatic carbocycles. The minimum Gasteiger partial charge on any atom is -0.447 e. The Labute approximate surface area is 217 Å². The molecule has 1 aliphatic heterocycles. The van der Waals surface area contributed by atoms with Crippen LogP contribution >= 0.6 is 11.6 Å². The van der Waals surface area contributed by atoms with Gasteiger partial charge in [-0.1, -0.05) is 11.6 Å². The van der Waals surface area contributed by atoms with Crippen LogP contribution < -0.4 is 16.0 Å². The Balaban J connectivity index is 1.34. The van der Waals surface area contributed by atoms with E-state index in [1.54, 1.807) is 31.3 Å². The average Bonchev–Trinajstić information content (AvgIpc) is 3.28. The summed E-state index contributed by atoms with van der Waals surface area (Å²) in [6, 6.07) is 6.69. The highest BCUT2D eigenvalue weighted by atomic mass is 35.5. The zero-order valence-electron chi connectivity index (χ0n) is 20.3. The van der Waals surface area contributed by atoms with Crippen molar-refractivity contribution in [3.63, 3.8) is 0 Å². The molecular weight excluding hydrogens is 500 g/mol. The Morgan fingerprint density at radius 3 is 2.57 bits per heavy atom. The highest BCUT2D eigenvalue weighted by Gasteiger charge is 2.34. The summed E-state index contributed by atoms with van der Waals surface area (Å²) in [6.45, 7) is 1.24. The number of morpholine rings is 1. The highest BCUT2D eigenvalue weighted by Crippen LogP contribution is 2.34. The molecule has 37 heavy (non-hydrogen) atoms. The van der Waals surface area contributed by atoms with Crippen LogP contribution in [0.5, 0.6) is 0 Å². The number of rotatable bonds is 6. The molecule has 4 heterocycles. The van der Waals surface area contributed by atoms with Crippen molar-refractivity contribution in [1.82, 2.24) is 14.9 Å². The van der Waals surface area contributed by atoms with Crippen molar-refractivity contribution < 1.29 is 23.5 Å². The first-order valence-corrected chi connectivity index (χ1v) is 12.5. The van der Waals surface area contributed by atoms with Crippen LogP contribution in [0, 0.1) is 5.92 Å². The molecule has 1 saturated heterocycles. The molecule has 11 nitrogen and oxygen atoms in total. The molecule has 1 aliphatic carbocycles. The Morgan fingerprint density at radius 2 is 1.86 bits per heavy atom. The summed E-state index contributed by atoms with van der Waals surface area (Å²) in [5, 5.41) is 8.97. The summed E-state index contributed by atoms with van der Waals surface area (Å²) in [4.78, 5) is 49.1. The largest absolute Gasteiger partial charge is 0.447 e. The topological polar surface area (TPSA) is 139 Å². The van der Waals surface area contributed by atoms with Gasteiger partial charge in [-0.05, 0) is 49.9 Å². The van der Waals surface area contributed by atoms with Crippen molar-refractivity contribution in [2.75, 3.05) is 42.8 Å². The van der Waals surface area contributed by atoms with Crippen molar-refractivity contribution >= 4 is 57.7 Å². The third-order valence-electron chi connectivity index (χ3n) is 6.74. The van der Waals surface area contributed by atoms with E-state index >= 15 is 0 Å². The van der Waals surface area contributed by atoms with Gasteiger partial charge >= 0.3 is 0 Å². The maximum absolute atomic E-state index is 13.3. The summed E-state index contributed by atoms with van der Waals surface area (Å²) in [5.74, 6) is -0.292. The molecule has 3 N–H and O–H groups in total. The second kappa shape index (κ2) is 10.7. The normalized spacial score (nSPS) is 20.1. The highest BCUT2D eigenvalue weighted by molar-refractivity contribution is 6.30. The predicted molar refractivity (Wildman–Crippen MR) is 138 cm³/mol. The number of aromatic nitrogens is 2. The molecule has 12 heteroatoms. The van der Waals surface area contributed by atoms with Gasteiger partial charge in [0.25, 0.3) is 5.91 Å². The van der Waals surface area contributed by atoms with Gasteiger partial charge in [-0.3, -0.25) is 14.4 Å². The fourth-order valence-electron chi connectivity index (χ4n) is 4.81. The number of hydrogen-bond acceptors (Lipinski definition) is 8. The van der Waals surface area contributed by atoms with Gasteiger partial charge in [0.2, 0.25) is 17.6 Å². The minimum atomic E-state index is -0.580. The number of pyridine rings is 2. The number of nitrogens with one attached hydrogen (secondary N) is 3. The zero-order chi connectivity index (χ0) is 25.9. The van der Waals surface area contributed by atoms with E-state index in [-0.39, 0.29) is 47.6 Å². The maximum Gasteiger partial charge on any atom is 0.294 e. The lowest BCUT2D eigenvalue weighted by Crippen LogP contribution is -2.49. The fourth-order valence-corrected chi connectivity index (χ4v) is 4.92. The number of carbonyl (C=O) groups is 3. The number of carbonyl (C=O) groups excluding carboxylic acids is 3. The fraction of sp³-hybridized carbons (Fsp3) is 0.400. The minimum absolute atomic E-state index is 0.00117. The molecule has 0 spiro atoms. The Bertz CT molecular complexity index is 1320. The van der Waals surface area contributed by atoms with Crippen LogP contribution in [0.4, 0.5) is 17.3 Å². The summed E-state index contributed by atoms with van der Waals surface area (Å²) < 4.78 is 11.1. The summed E-state index contributed by atoms with van der Waals surface area (Å²) in [6.07, 6.45) is 4.13. The van der Waals surface area contributed by atoms with E-state index in [1.807, 2.05) is 4.90 Å². The Morgan fingerprint density at radius 1 is 1.08 bits per heavy atom. The SMILES string of the molecule is CNc1ccc2oc(C(=O)Nc3ccc(Cl)cn3)c(NC(=O)C3CCC(N4CCOCC4=O)CC3)c2n1. The molecule has 0 radical (unpaired) electrons. The third kappa shape index (κ3) is 5.37. The summed E-state index contributed by atoms with van der Waals surface area (Å²) in [5.41, 5.74) is 0.925. The smallest absolute Gasteiger partial charge is 0.294 e. The average molecular weight is 527 g/mol. The number of amides is 3. The molecule has 0 bridgehead atoms. The van der Waals surface area contributed by atoms with E-state index in [2.05, 4.69) is 25.9 Å². The second-order valence-electron chi connectivity index (χ2n) is 9.05. The molecule has 1 saturated carbocycles. The van der Waals surface area contributed by atoms with Crippen molar-refractivity contribution in [3.8, 4) is 0 Å². The summed E-state index contributed by atoms with van der Waals surface area (Å²) >= 11 is 5.88. The van der Waals surface area contributed by atoms with Gasteiger partial charge < -0.3 is 30.0 Å². The Hall–Kier alpha value is -3.70. The lowest BCUT2D eigenvalue weighted by molar-refractivity contribution is -0.146. The van der Waals surface area contributed by atoms with Crippen molar-refractivity contribution in [3.05, 3.63) is 41.2 Å². The van der Waals surface area contributed by atoms with Gasteiger partial charge in [0.1, 0.15) is 29.4 Å². The van der Waals surface area contributed by atoms with Crippen LogP contribution in [0.2, 0.25) is 5.02 Å². The first kappa shape index (κ1) is 25.0. The number of furan rings is 1. The molecule has 0 unspecified atom stereocenters. The van der Waals surface area contributed by atoms with Gasteiger partial charge in [0, 0.05) is 31.7 Å². The predicted octanol–water partition coefficient (Wildman–Crippen LogP) is 3.53. The quantitative estimate of drug-likeness (QED) is 0.443. The van der Waals surface area contributed by atoms with Gasteiger partial charge in [0.15, 0.2) is 5.58 Å². The number of anilines is 3. The van der Waals surface area contributed by atoms with E-state index in [1.165, 1.54) is 6.20 Å². The van der Waals surface area contributed by atoms with Crippen LogP contribution in [-0.4, -0.2) is 65.4 Å². The summed E-state index contributed by atoms with van der Waals surface area (Å²) in [7, 11) is 1.73. The lowest BCUT2D eigenvalue weighted by Gasteiger charge is -2.38. The molecule has 2 aliphatic rings. The second-order valence-corrected chi connectivity index (χ2v) is 9.49. The van der Waals surface area contributed by atoms with E-state index in [9.17, 15) is 14.4 Å². The van der Waals surface area contributed by atoms with Crippen molar-refractivity contribution in [2.45, 2.75) is 31.7 Å². The van der Waals surface area contributed by atoms with E-state index in [4.69, 9.17) is 20.8 Å². The molecular formula is C25H27ClN6O5. The van der Waals surface area contributed by atoms with Crippen molar-refractivity contribution in [1.29, 1.82) is 0 Å². The number of fused-ring (bicyclic) bond motifs is 1. The van der Waals surface area contributed by atoms with Crippen molar-refractivity contribution in [2.24, 2.45) is 5.92 Å². The lowest BCUT2D eigenvalue weighted by atomic mass is 9.84. The maximum atomic E-state index is 13.3. The first-order chi connectivity index (χ1) is 17.9. The van der Waals surface area contributed by atoms with Crippen LogP contribution in [0.25, 0.3) is 11.1 Å². The molecule has 5 rings (SSSR count). The van der Waals surface area contributed by atoms with Gasteiger partial charge in [0.05, 0.1) is 11.6 Å². The van der Waals surface area contributed by atoms with Crippen LogP contribution in [0.1, 0.15) is 36.2 Å². The number of halogens is 1. The molecule has 2 fully saturated rings. The van der Waals surface area contributed by atoms with E-state index in [0.717, 1.165) is 12.8 Å². The number of nitrogens with zero attached hydrogens (tertiary/aromatic N) is 3. The monoisotopic (exact) mass is 526 g/mol. The van der Waals surface area contributed by atoms with E-state index in [0.29, 0.717) is 47.9 Å². The van der Waals surface area contributed by atoms with Gasteiger partial charge in [-0.2, -0.15) is 0 Å². The first-order valence-electron chi connectivity index (χ1n) is 12.1. The molecule has 3 amide bonds. The van der Waals surface area contributed by atoms with Gasteiger partial charge in [-0.25, -0.2) is 9.97 Å². The van der Waals surface area contributed by atoms with Crippen LogP contribution in [0.3, 0.4) is 0 Å². The van der Waals surface area contributed by atoms with E-state index < -0.39 is 5.91 Å². The standard InChI is InChI=1S/C25H27ClN6O5/c1-27-18-9-7-17-21(29-18)22(23(37-17)25(35)30-19-8-4-15(26)12-28-19)31-24(34)14-2-5-16(6-3-14)32-10-11-36-13-20(32)33/h4,7-9,12,14,16H,2-3,5-6,10-11,13H2,1H3,(H,27,29)(H,31,34)(H,28,30,35). The number of hydrogen-bond donors (Lipinski definition) is 3. The molecule has 3 aromatic rings. The molecule has 194 valence electrons. The zero-order valence-corrected chi connectivity index (χ0v) is 21.0.